The van der Waals surface area contributed by atoms with Crippen LogP contribution in [-0.2, 0) is 4.79 Å². The molecule has 1 aliphatic carbocycles. The van der Waals surface area contributed by atoms with Gasteiger partial charge in [-0.25, -0.2) is 0 Å². The van der Waals surface area contributed by atoms with Gasteiger partial charge in [-0.3, -0.25) is 9.69 Å². The molecular formula is C15H28N2O. The molecule has 0 aromatic heterocycles. The first-order valence-corrected chi connectivity index (χ1v) is 7.75. The largest absolute Gasteiger partial charge is 0.334 e. The second-order valence-electron chi connectivity index (χ2n) is 5.85. The maximum atomic E-state index is 12.1. The third kappa shape index (κ3) is 2.56. The van der Waals surface area contributed by atoms with Crippen molar-refractivity contribution >= 4 is 5.91 Å². The number of nitrogens with zero attached hydrogens (tertiary/aromatic N) is 2. The minimum absolute atomic E-state index is 0.383. The number of carbonyl (C=O) groups is 1. The van der Waals surface area contributed by atoms with Gasteiger partial charge in [0.25, 0.3) is 0 Å². The molecule has 0 bridgehead atoms. The highest BCUT2D eigenvalue weighted by Crippen LogP contribution is 2.40. The second kappa shape index (κ2) is 6.05. The normalized spacial score (nSPS) is 36.3. The van der Waals surface area contributed by atoms with Gasteiger partial charge in [-0.2, -0.15) is 0 Å². The number of piperazine rings is 1. The Labute approximate surface area is 112 Å². The van der Waals surface area contributed by atoms with Gasteiger partial charge >= 0.3 is 0 Å². The van der Waals surface area contributed by atoms with Crippen LogP contribution in [-0.4, -0.2) is 47.9 Å². The summed E-state index contributed by atoms with van der Waals surface area (Å²) < 4.78 is 0. The average molecular weight is 252 g/mol. The zero-order chi connectivity index (χ0) is 13.1. The lowest BCUT2D eigenvalue weighted by molar-refractivity contribution is -0.139. The maximum Gasteiger partial charge on any atom is 0.237 e. The topological polar surface area (TPSA) is 23.6 Å². The van der Waals surface area contributed by atoms with Gasteiger partial charge in [0.15, 0.2) is 0 Å². The molecular weight excluding hydrogens is 224 g/mol. The van der Waals surface area contributed by atoms with E-state index in [1.165, 1.54) is 38.5 Å². The monoisotopic (exact) mass is 252 g/mol. The second-order valence-corrected chi connectivity index (χ2v) is 5.85. The van der Waals surface area contributed by atoms with Gasteiger partial charge in [0.05, 0.1) is 6.54 Å². The number of hydrogen-bond donors (Lipinski definition) is 0. The predicted molar refractivity (Wildman–Crippen MR) is 74.5 cm³/mol. The Morgan fingerprint density at radius 1 is 1.11 bits per heavy atom. The highest BCUT2D eigenvalue weighted by molar-refractivity contribution is 5.80. The van der Waals surface area contributed by atoms with E-state index in [9.17, 15) is 4.79 Å². The number of likely N-dealkylation sites (N-methyl/N-ethyl adjacent to an activating group) is 1. The molecule has 2 aliphatic heterocycles. The van der Waals surface area contributed by atoms with Crippen LogP contribution >= 0.6 is 0 Å². The SMILES string of the molecule is CC.CN1CC(=O)N2[C@H](C[C@@H]3CCCCC[C@H]32)C1. The molecule has 3 aliphatic rings. The molecule has 18 heavy (non-hydrogen) atoms. The van der Waals surface area contributed by atoms with E-state index < -0.39 is 0 Å². The van der Waals surface area contributed by atoms with Gasteiger partial charge in [-0.1, -0.05) is 33.1 Å². The lowest BCUT2D eigenvalue weighted by Gasteiger charge is -2.38. The van der Waals surface area contributed by atoms with Gasteiger partial charge < -0.3 is 4.90 Å². The Morgan fingerprint density at radius 2 is 1.83 bits per heavy atom. The van der Waals surface area contributed by atoms with E-state index >= 15 is 0 Å². The summed E-state index contributed by atoms with van der Waals surface area (Å²) in [4.78, 5) is 16.6. The molecule has 1 amide bonds. The Balaban J connectivity index is 0.000000574. The zero-order valence-corrected chi connectivity index (χ0v) is 12.2. The van der Waals surface area contributed by atoms with Crippen LogP contribution in [0.1, 0.15) is 52.4 Å². The summed E-state index contributed by atoms with van der Waals surface area (Å²) in [6, 6.07) is 1.12. The fraction of sp³-hybridized carbons (Fsp3) is 0.933. The molecule has 104 valence electrons. The van der Waals surface area contributed by atoms with E-state index in [0.29, 0.717) is 24.5 Å². The number of amides is 1. The first kappa shape index (κ1) is 13.9. The van der Waals surface area contributed by atoms with Crippen LogP contribution in [0.3, 0.4) is 0 Å². The lowest BCUT2D eigenvalue weighted by Crippen LogP contribution is -2.55. The summed E-state index contributed by atoms with van der Waals surface area (Å²) in [6.45, 7) is 5.73. The summed E-state index contributed by atoms with van der Waals surface area (Å²) in [5.41, 5.74) is 0. The fourth-order valence-electron chi connectivity index (χ4n) is 4.03. The molecule has 0 aromatic rings. The van der Waals surface area contributed by atoms with Crippen molar-refractivity contribution in [3.05, 3.63) is 0 Å². The molecule has 3 atom stereocenters. The third-order valence-corrected chi connectivity index (χ3v) is 4.66. The zero-order valence-electron chi connectivity index (χ0n) is 12.2. The highest BCUT2D eigenvalue weighted by Gasteiger charge is 2.45. The van der Waals surface area contributed by atoms with Gasteiger partial charge in [0.1, 0.15) is 0 Å². The van der Waals surface area contributed by atoms with E-state index in [-0.39, 0.29) is 0 Å². The van der Waals surface area contributed by atoms with Gasteiger partial charge in [-0.15, -0.1) is 0 Å². The molecule has 0 spiro atoms. The van der Waals surface area contributed by atoms with Crippen molar-refractivity contribution in [3.63, 3.8) is 0 Å². The van der Waals surface area contributed by atoms with Crippen LogP contribution in [0.4, 0.5) is 0 Å². The number of rotatable bonds is 0. The molecule has 3 fully saturated rings. The van der Waals surface area contributed by atoms with Crippen molar-refractivity contribution in [1.29, 1.82) is 0 Å². The first-order valence-electron chi connectivity index (χ1n) is 7.75. The van der Waals surface area contributed by atoms with Crippen molar-refractivity contribution in [1.82, 2.24) is 9.80 Å². The van der Waals surface area contributed by atoms with Crippen LogP contribution in [0.25, 0.3) is 0 Å². The summed E-state index contributed by atoms with van der Waals surface area (Å²) in [7, 11) is 2.07. The summed E-state index contributed by atoms with van der Waals surface area (Å²) >= 11 is 0. The molecule has 3 rings (SSSR count). The average Bonchev–Trinajstić information content (AvgIpc) is 2.55. The fourth-order valence-corrected chi connectivity index (χ4v) is 4.03. The Bertz CT molecular complexity index is 292. The lowest BCUT2D eigenvalue weighted by atomic mass is 9.94. The van der Waals surface area contributed by atoms with Crippen LogP contribution < -0.4 is 0 Å². The maximum absolute atomic E-state index is 12.1. The van der Waals surface area contributed by atoms with Crippen molar-refractivity contribution in [3.8, 4) is 0 Å². The Morgan fingerprint density at radius 3 is 2.61 bits per heavy atom. The summed E-state index contributed by atoms with van der Waals surface area (Å²) in [5, 5.41) is 0. The molecule has 2 saturated heterocycles. The smallest absolute Gasteiger partial charge is 0.237 e. The van der Waals surface area contributed by atoms with Crippen molar-refractivity contribution in [2.24, 2.45) is 5.92 Å². The molecule has 0 aromatic carbocycles. The molecule has 0 N–H and O–H groups in total. The van der Waals surface area contributed by atoms with E-state index in [2.05, 4.69) is 16.8 Å². The molecule has 3 heteroatoms. The molecule has 1 saturated carbocycles. The van der Waals surface area contributed by atoms with Crippen LogP contribution in [0.2, 0.25) is 0 Å². The highest BCUT2D eigenvalue weighted by atomic mass is 16.2. The van der Waals surface area contributed by atoms with Crippen LogP contribution in [0.15, 0.2) is 0 Å². The molecule has 0 unspecified atom stereocenters. The van der Waals surface area contributed by atoms with Gasteiger partial charge in [-0.05, 0) is 32.2 Å². The number of carbonyl (C=O) groups excluding carboxylic acids is 1. The Hall–Kier alpha value is -0.570. The van der Waals surface area contributed by atoms with Crippen molar-refractivity contribution < 1.29 is 4.79 Å². The van der Waals surface area contributed by atoms with Crippen molar-refractivity contribution in [2.75, 3.05) is 20.1 Å². The van der Waals surface area contributed by atoms with Crippen LogP contribution in [0.5, 0.6) is 0 Å². The molecule has 3 nitrogen and oxygen atoms in total. The number of hydrogen-bond acceptors (Lipinski definition) is 2. The summed E-state index contributed by atoms with van der Waals surface area (Å²) in [5.74, 6) is 1.19. The van der Waals surface area contributed by atoms with Gasteiger partial charge in [0.2, 0.25) is 5.91 Å². The van der Waals surface area contributed by atoms with E-state index in [1.54, 1.807) is 0 Å². The minimum atomic E-state index is 0.383. The predicted octanol–water partition coefficient (Wildman–Crippen LogP) is 2.51. The minimum Gasteiger partial charge on any atom is -0.334 e. The molecule has 0 radical (unpaired) electrons. The standard InChI is InChI=1S/C13H22N2O.C2H6/c1-14-8-11-7-10-5-3-2-4-6-12(10)15(11)13(16)9-14;1-2/h10-12H,2-9H2,1H3;1-2H3/t10-,11+,12+;/m0./s1. The van der Waals surface area contributed by atoms with E-state index in [1.807, 2.05) is 13.8 Å². The third-order valence-electron chi connectivity index (χ3n) is 4.66. The van der Waals surface area contributed by atoms with Crippen LogP contribution in [0, 0.1) is 5.92 Å². The van der Waals surface area contributed by atoms with Crippen molar-refractivity contribution in [2.45, 2.75) is 64.5 Å². The molecule has 2 heterocycles. The summed E-state index contributed by atoms with van der Waals surface area (Å²) in [6.07, 6.45) is 7.96. The van der Waals surface area contributed by atoms with Gasteiger partial charge in [0, 0.05) is 18.6 Å². The quantitative estimate of drug-likeness (QED) is 0.661. The van der Waals surface area contributed by atoms with E-state index in [4.69, 9.17) is 0 Å². The number of fused-ring (bicyclic) bond motifs is 3. The van der Waals surface area contributed by atoms with E-state index in [0.717, 1.165) is 12.5 Å². The Kier molecular flexibility index (Phi) is 4.66. The first-order chi connectivity index (χ1) is 8.75.